The number of carbonyl (C=O) groups excluding carboxylic acids is 1. The molecule has 3 rings (SSSR count). The van der Waals surface area contributed by atoms with Crippen molar-refractivity contribution >= 4 is 17.9 Å². The van der Waals surface area contributed by atoms with Crippen LogP contribution in [-0.4, -0.2) is 62.4 Å². The predicted octanol–water partition coefficient (Wildman–Crippen LogP) is 6.36. The van der Waals surface area contributed by atoms with E-state index in [1.54, 1.807) is 13.2 Å². The SMILES string of the molecule is CC(OCC(O)CN1CCCC1)c1cc(F)ccc1CCC=O.CCOC.CCc1cc(C)ccc1Cl. The minimum atomic E-state index is -0.539. The Morgan fingerprint density at radius 1 is 1.14 bits per heavy atom. The van der Waals surface area contributed by atoms with Gasteiger partial charge in [0.05, 0.1) is 18.8 Å². The Kier molecular flexibility index (Phi) is 17.3. The lowest BCUT2D eigenvalue weighted by atomic mass is 9.99. The molecule has 0 aliphatic carbocycles. The molecule has 0 amide bonds. The van der Waals surface area contributed by atoms with Crippen molar-refractivity contribution in [3.8, 4) is 0 Å². The molecule has 0 spiro atoms. The summed E-state index contributed by atoms with van der Waals surface area (Å²) >= 11 is 5.90. The van der Waals surface area contributed by atoms with E-state index in [1.807, 2.05) is 26.0 Å². The number of ether oxygens (including phenoxy) is 2. The van der Waals surface area contributed by atoms with Gasteiger partial charge in [-0.25, -0.2) is 4.39 Å². The van der Waals surface area contributed by atoms with Crippen LogP contribution in [0.1, 0.15) is 68.4 Å². The first kappa shape index (κ1) is 33.2. The van der Waals surface area contributed by atoms with Gasteiger partial charge < -0.3 is 24.3 Å². The lowest BCUT2D eigenvalue weighted by Crippen LogP contribution is -2.33. The number of β-amino-alcohol motifs (C(OH)–C–C–N with tert-alkyl or cyclic N) is 1. The van der Waals surface area contributed by atoms with Crippen molar-refractivity contribution in [1.29, 1.82) is 0 Å². The number of aliphatic hydroxyl groups is 1. The monoisotopic (exact) mass is 537 g/mol. The fourth-order valence-electron chi connectivity index (χ4n) is 4.02. The summed E-state index contributed by atoms with van der Waals surface area (Å²) in [5.41, 5.74) is 4.18. The van der Waals surface area contributed by atoms with Crippen molar-refractivity contribution < 1.29 is 23.8 Å². The second-order valence-corrected chi connectivity index (χ2v) is 9.62. The fraction of sp³-hybridized carbons (Fsp3) is 0.567. The Balaban J connectivity index is 0.000000402. The number of aldehydes is 1. The molecule has 1 aliphatic heterocycles. The number of halogens is 2. The normalized spacial score (nSPS) is 14.7. The summed E-state index contributed by atoms with van der Waals surface area (Å²) in [5, 5.41) is 11.0. The van der Waals surface area contributed by atoms with Crippen LogP contribution in [0.15, 0.2) is 36.4 Å². The second-order valence-electron chi connectivity index (χ2n) is 9.21. The average molecular weight is 538 g/mol. The maximum atomic E-state index is 13.5. The number of hydrogen-bond donors (Lipinski definition) is 1. The predicted molar refractivity (Wildman–Crippen MR) is 150 cm³/mol. The van der Waals surface area contributed by atoms with Gasteiger partial charge in [0.25, 0.3) is 0 Å². The molecule has 2 unspecified atom stereocenters. The topological polar surface area (TPSA) is 59.0 Å². The molecule has 1 heterocycles. The minimum Gasteiger partial charge on any atom is -0.389 e. The van der Waals surface area contributed by atoms with Gasteiger partial charge in [-0.05, 0) is 94.4 Å². The number of aryl methyl sites for hydroxylation is 3. The van der Waals surface area contributed by atoms with E-state index in [-0.39, 0.29) is 18.5 Å². The van der Waals surface area contributed by atoms with Crippen LogP contribution in [0.3, 0.4) is 0 Å². The molecule has 7 heteroatoms. The van der Waals surface area contributed by atoms with Crippen molar-refractivity contribution in [3.05, 3.63) is 69.5 Å². The van der Waals surface area contributed by atoms with E-state index in [1.165, 1.54) is 36.1 Å². The average Bonchev–Trinajstić information content (AvgIpc) is 3.41. The van der Waals surface area contributed by atoms with Crippen molar-refractivity contribution in [2.24, 2.45) is 0 Å². The van der Waals surface area contributed by atoms with Crippen molar-refractivity contribution in [2.75, 3.05) is 40.0 Å². The zero-order valence-electron chi connectivity index (χ0n) is 23.1. The summed E-state index contributed by atoms with van der Waals surface area (Å²) < 4.78 is 23.8. The van der Waals surface area contributed by atoms with E-state index < -0.39 is 6.10 Å². The Bertz CT molecular complexity index is 903. The third-order valence-corrected chi connectivity index (χ3v) is 6.52. The summed E-state index contributed by atoms with van der Waals surface area (Å²) in [5.74, 6) is -0.317. The standard InChI is InChI=1S/C18H26FNO3.C9H11Cl.C3H8O/c1-14(23-13-17(22)12-20-8-2-3-9-20)18-11-16(19)7-6-15(18)5-4-10-21;1-3-8-6-7(2)4-5-9(8)10;1-3-4-2/h6-7,10-11,14,17,22H,2-5,8-9,12-13H2,1H3;4-6H,3H2,1-2H3;3H2,1-2H3. The van der Waals surface area contributed by atoms with Crippen LogP contribution in [0.5, 0.6) is 0 Å². The Morgan fingerprint density at radius 2 is 1.81 bits per heavy atom. The molecular weight excluding hydrogens is 493 g/mol. The first-order chi connectivity index (χ1) is 17.7. The highest BCUT2D eigenvalue weighted by molar-refractivity contribution is 6.31. The molecule has 1 saturated heterocycles. The Morgan fingerprint density at radius 3 is 2.38 bits per heavy atom. The smallest absolute Gasteiger partial charge is 0.123 e. The van der Waals surface area contributed by atoms with Crippen LogP contribution in [0, 0.1) is 12.7 Å². The molecule has 37 heavy (non-hydrogen) atoms. The summed E-state index contributed by atoms with van der Waals surface area (Å²) in [6.07, 6.45) is 4.37. The molecule has 2 aromatic rings. The van der Waals surface area contributed by atoms with Gasteiger partial charge in [0.2, 0.25) is 0 Å². The molecule has 0 radical (unpaired) electrons. The van der Waals surface area contributed by atoms with E-state index in [0.29, 0.717) is 19.4 Å². The minimum absolute atomic E-state index is 0.224. The molecule has 0 saturated carbocycles. The summed E-state index contributed by atoms with van der Waals surface area (Å²) in [7, 11) is 1.68. The van der Waals surface area contributed by atoms with Gasteiger partial charge in [0, 0.05) is 31.7 Å². The number of hydrogen-bond acceptors (Lipinski definition) is 5. The highest BCUT2D eigenvalue weighted by atomic mass is 35.5. The van der Waals surface area contributed by atoms with Gasteiger partial charge in [-0.1, -0.05) is 42.3 Å². The molecule has 1 fully saturated rings. The highest BCUT2D eigenvalue weighted by Gasteiger charge is 2.18. The molecule has 208 valence electrons. The molecule has 1 N–H and O–H groups in total. The van der Waals surface area contributed by atoms with Crippen molar-refractivity contribution in [1.82, 2.24) is 4.90 Å². The van der Waals surface area contributed by atoms with E-state index in [2.05, 4.69) is 29.6 Å². The fourth-order valence-corrected chi connectivity index (χ4v) is 4.27. The van der Waals surface area contributed by atoms with Gasteiger partial charge in [0.15, 0.2) is 0 Å². The Hall–Kier alpha value is -1.83. The number of aliphatic hydroxyl groups excluding tert-OH is 1. The summed E-state index contributed by atoms with van der Waals surface area (Å²) in [6, 6.07) is 10.7. The number of rotatable bonds is 11. The van der Waals surface area contributed by atoms with E-state index in [4.69, 9.17) is 16.3 Å². The van der Waals surface area contributed by atoms with Gasteiger partial charge in [-0.3, -0.25) is 0 Å². The van der Waals surface area contributed by atoms with Crippen LogP contribution in [0.4, 0.5) is 4.39 Å². The molecule has 1 aliphatic rings. The van der Waals surface area contributed by atoms with Crippen LogP contribution in [0.25, 0.3) is 0 Å². The van der Waals surface area contributed by atoms with Crippen LogP contribution in [0.2, 0.25) is 5.02 Å². The zero-order valence-corrected chi connectivity index (χ0v) is 23.9. The molecule has 2 aromatic carbocycles. The summed E-state index contributed by atoms with van der Waals surface area (Å²) in [4.78, 5) is 12.8. The first-order valence-electron chi connectivity index (χ1n) is 13.2. The maximum absolute atomic E-state index is 13.5. The van der Waals surface area contributed by atoms with Crippen LogP contribution < -0.4 is 0 Å². The largest absolute Gasteiger partial charge is 0.389 e. The number of methoxy groups -OCH3 is 1. The number of benzene rings is 2. The molecular formula is C30H45ClFNO4. The van der Waals surface area contributed by atoms with E-state index >= 15 is 0 Å². The van der Waals surface area contributed by atoms with Gasteiger partial charge in [-0.2, -0.15) is 0 Å². The van der Waals surface area contributed by atoms with Crippen LogP contribution in [-0.2, 0) is 27.1 Å². The molecule has 2 atom stereocenters. The lowest BCUT2D eigenvalue weighted by molar-refractivity contribution is -0.107. The highest BCUT2D eigenvalue weighted by Crippen LogP contribution is 2.24. The number of likely N-dealkylation sites (tertiary alicyclic amines) is 1. The first-order valence-corrected chi connectivity index (χ1v) is 13.6. The maximum Gasteiger partial charge on any atom is 0.123 e. The summed E-state index contributed by atoms with van der Waals surface area (Å²) in [6.45, 7) is 11.7. The van der Waals surface area contributed by atoms with Gasteiger partial charge in [0.1, 0.15) is 12.1 Å². The van der Waals surface area contributed by atoms with E-state index in [0.717, 1.165) is 48.6 Å². The van der Waals surface area contributed by atoms with Crippen molar-refractivity contribution in [2.45, 2.75) is 72.0 Å². The second kappa shape index (κ2) is 19.3. The third kappa shape index (κ3) is 13.5. The van der Waals surface area contributed by atoms with Crippen LogP contribution >= 0.6 is 11.6 Å². The molecule has 0 aromatic heterocycles. The number of carbonyl (C=O) groups is 1. The van der Waals surface area contributed by atoms with E-state index in [9.17, 15) is 14.3 Å². The molecule has 5 nitrogen and oxygen atoms in total. The third-order valence-electron chi connectivity index (χ3n) is 6.15. The number of nitrogens with zero attached hydrogens (tertiary/aromatic N) is 1. The lowest BCUT2D eigenvalue weighted by Gasteiger charge is -2.22. The van der Waals surface area contributed by atoms with Crippen molar-refractivity contribution in [3.63, 3.8) is 0 Å². The van der Waals surface area contributed by atoms with Gasteiger partial charge >= 0.3 is 0 Å². The quantitative estimate of drug-likeness (QED) is 0.338. The molecule has 0 bridgehead atoms. The Labute approximate surface area is 227 Å². The zero-order chi connectivity index (χ0) is 27.6. The van der Waals surface area contributed by atoms with Gasteiger partial charge in [-0.15, -0.1) is 0 Å².